The number of hydrogen-bond acceptors (Lipinski definition) is 3. The summed E-state index contributed by atoms with van der Waals surface area (Å²) in [5.41, 5.74) is 0.792. The van der Waals surface area contributed by atoms with Crippen LogP contribution in [0.3, 0.4) is 0 Å². The summed E-state index contributed by atoms with van der Waals surface area (Å²) in [5.74, 6) is 0.248. The van der Waals surface area contributed by atoms with E-state index in [-0.39, 0.29) is 11.3 Å². The van der Waals surface area contributed by atoms with Crippen LogP contribution in [-0.4, -0.2) is 13.7 Å². The Morgan fingerprint density at radius 1 is 1.33 bits per heavy atom. The lowest BCUT2D eigenvalue weighted by Crippen LogP contribution is -2.13. The Balaban J connectivity index is 2.26. The van der Waals surface area contributed by atoms with Crippen LogP contribution in [0.5, 0.6) is 0 Å². The van der Waals surface area contributed by atoms with Crippen LogP contribution in [0.2, 0.25) is 0 Å². The minimum Gasteiger partial charge on any atom is -0.223 e. The largest absolute Gasteiger partial charge is 0.223 e. The van der Waals surface area contributed by atoms with Gasteiger partial charge in [0.2, 0.25) is 0 Å². The molecule has 0 aliphatic heterocycles. The van der Waals surface area contributed by atoms with Crippen molar-refractivity contribution in [1.29, 1.82) is 5.26 Å². The van der Waals surface area contributed by atoms with Crippen molar-refractivity contribution >= 4 is 9.84 Å². The van der Waals surface area contributed by atoms with E-state index in [0.717, 1.165) is 12.0 Å². The lowest BCUT2D eigenvalue weighted by Gasteiger charge is -2.08. The molecular formula is C14H17NO2S. The van der Waals surface area contributed by atoms with E-state index < -0.39 is 15.1 Å². The Kier molecular flexibility index (Phi) is 2.98. The lowest BCUT2D eigenvalue weighted by molar-refractivity contribution is 0.587. The number of hydrogen-bond donors (Lipinski definition) is 0. The second kappa shape index (κ2) is 4.10. The summed E-state index contributed by atoms with van der Waals surface area (Å²) in [5, 5.41) is 8.60. The average molecular weight is 263 g/mol. The topological polar surface area (TPSA) is 57.9 Å². The molecule has 1 aliphatic carbocycles. The molecule has 4 heteroatoms. The summed E-state index contributed by atoms with van der Waals surface area (Å²) in [6, 6.07) is 9.29. The molecule has 0 saturated heterocycles. The molecule has 1 saturated carbocycles. The van der Waals surface area contributed by atoms with Crippen LogP contribution in [0.4, 0.5) is 0 Å². The third-order valence-electron chi connectivity index (χ3n) is 3.72. The van der Waals surface area contributed by atoms with E-state index in [2.05, 4.69) is 6.07 Å². The van der Waals surface area contributed by atoms with Crippen molar-refractivity contribution in [2.45, 2.75) is 43.3 Å². The Morgan fingerprint density at radius 3 is 2.28 bits per heavy atom. The molecule has 0 amide bonds. The van der Waals surface area contributed by atoms with Gasteiger partial charge in [-0.05, 0) is 44.9 Å². The highest BCUT2D eigenvalue weighted by molar-refractivity contribution is 7.92. The van der Waals surface area contributed by atoms with Gasteiger partial charge >= 0.3 is 0 Å². The van der Waals surface area contributed by atoms with E-state index in [0.29, 0.717) is 4.90 Å². The molecule has 0 radical (unpaired) electrons. The number of nitrogens with zero attached hydrogens (tertiary/aromatic N) is 1. The van der Waals surface area contributed by atoms with Gasteiger partial charge in [0.15, 0.2) is 9.84 Å². The minimum absolute atomic E-state index is 0.248. The molecule has 2 unspecified atom stereocenters. The van der Waals surface area contributed by atoms with Gasteiger partial charge in [-0.2, -0.15) is 5.26 Å². The van der Waals surface area contributed by atoms with Crippen molar-refractivity contribution in [3.05, 3.63) is 29.8 Å². The monoisotopic (exact) mass is 263 g/mol. The lowest BCUT2D eigenvalue weighted by atomic mass is 10.0. The van der Waals surface area contributed by atoms with Crippen LogP contribution < -0.4 is 0 Å². The zero-order valence-corrected chi connectivity index (χ0v) is 11.7. The van der Waals surface area contributed by atoms with Crippen molar-refractivity contribution in [3.63, 3.8) is 0 Å². The molecule has 2 atom stereocenters. The van der Waals surface area contributed by atoms with Crippen LogP contribution in [0.1, 0.15) is 38.7 Å². The van der Waals surface area contributed by atoms with Gasteiger partial charge in [-0.25, -0.2) is 8.42 Å². The summed E-state index contributed by atoms with van der Waals surface area (Å²) < 4.78 is 23.9. The third-order valence-corrected chi connectivity index (χ3v) is 5.89. The molecule has 0 bridgehead atoms. The minimum atomic E-state index is -3.20. The van der Waals surface area contributed by atoms with Gasteiger partial charge in [-0.3, -0.25) is 0 Å². The van der Waals surface area contributed by atoms with Crippen LogP contribution in [0.25, 0.3) is 0 Å². The Morgan fingerprint density at radius 2 is 1.89 bits per heavy atom. The predicted octanol–water partition coefficient (Wildman–Crippen LogP) is 2.89. The van der Waals surface area contributed by atoms with E-state index in [1.54, 1.807) is 26.0 Å². The fourth-order valence-electron chi connectivity index (χ4n) is 2.14. The molecule has 1 fully saturated rings. The van der Waals surface area contributed by atoms with Gasteiger partial charge in [0.05, 0.1) is 21.6 Å². The number of nitriles is 1. The van der Waals surface area contributed by atoms with E-state index in [1.807, 2.05) is 19.1 Å². The molecule has 18 heavy (non-hydrogen) atoms. The highest BCUT2D eigenvalue weighted by Gasteiger charge is 2.51. The standard InChI is InChI=1S/C14H17NO2S/c1-10(2)18(16,17)12-6-4-11(5-7-12)13-8-14(13,3)9-15/h4-7,10,13H,8H2,1-3H3. The van der Waals surface area contributed by atoms with Crippen molar-refractivity contribution in [2.75, 3.05) is 0 Å². The van der Waals surface area contributed by atoms with Gasteiger partial charge in [0, 0.05) is 5.92 Å². The first-order valence-corrected chi connectivity index (χ1v) is 7.61. The van der Waals surface area contributed by atoms with Crippen molar-refractivity contribution in [2.24, 2.45) is 5.41 Å². The maximum Gasteiger partial charge on any atom is 0.180 e. The van der Waals surface area contributed by atoms with Gasteiger partial charge in [0.1, 0.15) is 0 Å². The number of benzene rings is 1. The van der Waals surface area contributed by atoms with Crippen LogP contribution in [0, 0.1) is 16.7 Å². The first-order chi connectivity index (χ1) is 8.31. The Bertz CT molecular complexity index is 596. The molecule has 0 spiro atoms. The smallest absolute Gasteiger partial charge is 0.180 e. The zero-order valence-electron chi connectivity index (χ0n) is 10.8. The van der Waals surface area contributed by atoms with Gasteiger partial charge in [0.25, 0.3) is 0 Å². The number of sulfone groups is 1. The summed E-state index contributed by atoms with van der Waals surface area (Å²) in [7, 11) is -3.20. The second-order valence-corrected chi connectivity index (χ2v) is 7.95. The molecule has 96 valence electrons. The second-order valence-electron chi connectivity index (χ2n) is 5.45. The van der Waals surface area contributed by atoms with Gasteiger partial charge in [-0.1, -0.05) is 12.1 Å². The highest BCUT2D eigenvalue weighted by atomic mass is 32.2. The molecule has 1 aromatic rings. The van der Waals surface area contributed by atoms with Crippen LogP contribution in [-0.2, 0) is 9.84 Å². The summed E-state index contributed by atoms with van der Waals surface area (Å²) in [4.78, 5) is 0.362. The molecule has 0 heterocycles. The fraction of sp³-hybridized carbons (Fsp3) is 0.500. The Hall–Kier alpha value is -1.34. The SMILES string of the molecule is CC(C)S(=O)(=O)c1ccc(C2CC2(C)C#N)cc1. The molecule has 0 aromatic heterocycles. The van der Waals surface area contributed by atoms with E-state index in [1.165, 1.54) is 0 Å². The van der Waals surface area contributed by atoms with Crippen molar-refractivity contribution in [3.8, 4) is 6.07 Å². The van der Waals surface area contributed by atoms with Gasteiger partial charge in [-0.15, -0.1) is 0 Å². The van der Waals surface area contributed by atoms with Crippen LogP contribution in [0.15, 0.2) is 29.2 Å². The predicted molar refractivity (Wildman–Crippen MR) is 69.8 cm³/mol. The third kappa shape index (κ3) is 2.04. The summed E-state index contributed by atoms with van der Waals surface area (Å²) in [6.45, 7) is 5.30. The summed E-state index contributed by atoms with van der Waals surface area (Å²) >= 11 is 0. The zero-order chi connectivity index (χ0) is 13.6. The highest BCUT2D eigenvalue weighted by Crippen LogP contribution is 2.58. The van der Waals surface area contributed by atoms with Crippen LogP contribution >= 0.6 is 0 Å². The average Bonchev–Trinajstić information content (AvgIpc) is 3.02. The quantitative estimate of drug-likeness (QED) is 0.842. The molecule has 2 rings (SSSR count). The molecule has 3 nitrogen and oxygen atoms in total. The Labute approximate surface area is 108 Å². The first kappa shape index (κ1) is 13.1. The maximum atomic E-state index is 12.0. The van der Waals surface area contributed by atoms with Gasteiger partial charge < -0.3 is 0 Å². The molecule has 0 N–H and O–H groups in total. The first-order valence-electron chi connectivity index (χ1n) is 6.06. The fourth-order valence-corrected chi connectivity index (χ4v) is 3.20. The normalized spacial score (nSPS) is 26.9. The molecular weight excluding hydrogens is 246 g/mol. The summed E-state index contributed by atoms with van der Waals surface area (Å²) in [6.07, 6.45) is 0.861. The van der Waals surface area contributed by atoms with E-state index in [4.69, 9.17) is 5.26 Å². The maximum absolute atomic E-state index is 12.0. The van der Waals surface area contributed by atoms with Crippen molar-refractivity contribution in [1.82, 2.24) is 0 Å². The molecule has 1 aromatic carbocycles. The molecule has 1 aliphatic rings. The van der Waals surface area contributed by atoms with Crippen molar-refractivity contribution < 1.29 is 8.42 Å². The number of rotatable bonds is 3. The van der Waals surface area contributed by atoms with E-state index >= 15 is 0 Å². The van der Waals surface area contributed by atoms with E-state index in [9.17, 15) is 8.42 Å².